The zero-order chi connectivity index (χ0) is 16.7. The Kier molecular flexibility index (Phi) is 14.8. The van der Waals surface area contributed by atoms with E-state index in [1.165, 1.54) is 0 Å². The van der Waals surface area contributed by atoms with Crippen LogP contribution in [0.1, 0.15) is 13.8 Å². The second-order valence-electron chi connectivity index (χ2n) is 3.23. The minimum Gasteiger partial charge on any atom is -0.876 e. The number of hydrogen-bond donors (Lipinski definition) is 0. The molecular formula is C10H10F6MgO5. The molecule has 0 rings (SSSR count). The first kappa shape index (κ1) is 28.8. The summed E-state index contributed by atoms with van der Waals surface area (Å²) in [4.78, 5) is 19.7. The Morgan fingerprint density at radius 1 is 0.773 bits per heavy atom. The SMILES string of the molecule is C/C([O-])=C/C(=O)C(F)(F)F.C/C([O-])=C/C(=O)C(F)(F)F.O.[Mg+2]. The van der Waals surface area contributed by atoms with Crippen LogP contribution in [0.4, 0.5) is 26.3 Å². The van der Waals surface area contributed by atoms with Gasteiger partial charge in [0.2, 0.25) is 0 Å². The molecule has 0 aromatic heterocycles. The molecule has 0 fully saturated rings. The molecule has 0 heterocycles. The maximum Gasteiger partial charge on any atom is 2.00 e. The maximum absolute atomic E-state index is 11.3. The van der Waals surface area contributed by atoms with Crippen molar-refractivity contribution in [3.63, 3.8) is 0 Å². The molecule has 0 aromatic carbocycles. The van der Waals surface area contributed by atoms with Gasteiger partial charge in [-0.3, -0.25) is 9.59 Å². The van der Waals surface area contributed by atoms with E-state index in [0.717, 1.165) is 13.8 Å². The molecule has 0 saturated carbocycles. The van der Waals surface area contributed by atoms with Crippen LogP contribution >= 0.6 is 0 Å². The van der Waals surface area contributed by atoms with Crippen LogP contribution in [0.15, 0.2) is 23.7 Å². The van der Waals surface area contributed by atoms with Gasteiger partial charge < -0.3 is 15.7 Å². The summed E-state index contributed by atoms with van der Waals surface area (Å²) in [6.07, 6.45) is -9.82. The molecule has 2 N–H and O–H groups in total. The van der Waals surface area contributed by atoms with Gasteiger partial charge in [0.25, 0.3) is 11.6 Å². The molecule has 0 radical (unpaired) electrons. The maximum atomic E-state index is 11.3. The first-order chi connectivity index (χ1) is 8.67. The summed E-state index contributed by atoms with van der Waals surface area (Å²) in [5.41, 5.74) is 0. The Morgan fingerprint density at radius 3 is 1.00 bits per heavy atom. The van der Waals surface area contributed by atoms with E-state index < -0.39 is 35.4 Å². The molecule has 0 aromatic rings. The number of ketones is 2. The fraction of sp³-hybridized carbons (Fsp3) is 0.400. The van der Waals surface area contributed by atoms with Crippen LogP contribution in [0.2, 0.25) is 0 Å². The van der Waals surface area contributed by atoms with E-state index in [-0.39, 0.29) is 40.7 Å². The molecule has 5 nitrogen and oxygen atoms in total. The number of carbonyl (C=O) groups excluding carboxylic acids is 2. The number of halogens is 6. The summed E-state index contributed by atoms with van der Waals surface area (Å²) >= 11 is 0. The fourth-order valence-corrected chi connectivity index (χ4v) is 0.533. The van der Waals surface area contributed by atoms with Gasteiger partial charge in [-0.05, 0) is 12.2 Å². The number of rotatable bonds is 2. The minimum absolute atomic E-state index is 0. The van der Waals surface area contributed by atoms with E-state index >= 15 is 0 Å². The van der Waals surface area contributed by atoms with Crippen LogP contribution in [0, 0.1) is 0 Å². The molecule has 124 valence electrons. The van der Waals surface area contributed by atoms with Crippen LogP contribution in [0.3, 0.4) is 0 Å². The van der Waals surface area contributed by atoms with E-state index in [9.17, 15) is 46.1 Å². The Hall–Kier alpha value is -1.27. The second-order valence-corrected chi connectivity index (χ2v) is 3.23. The van der Waals surface area contributed by atoms with Crippen molar-refractivity contribution in [3.8, 4) is 0 Å². The van der Waals surface area contributed by atoms with Crippen molar-refractivity contribution in [2.75, 3.05) is 0 Å². The van der Waals surface area contributed by atoms with Crippen molar-refractivity contribution in [2.45, 2.75) is 26.2 Å². The third-order valence-electron chi connectivity index (χ3n) is 1.23. The first-order valence-corrected chi connectivity index (χ1v) is 4.61. The minimum atomic E-state index is -4.92. The molecule has 0 bridgehead atoms. The fourth-order valence-electron chi connectivity index (χ4n) is 0.533. The zero-order valence-corrected chi connectivity index (χ0v) is 12.7. The van der Waals surface area contributed by atoms with Crippen LogP contribution in [-0.2, 0) is 9.59 Å². The Balaban J connectivity index is -0.000000135. The molecular weight excluding hydrogens is 338 g/mol. The Labute approximate surface area is 136 Å². The van der Waals surface area contributed by atoms with Crippen LogP contribution in [-0.4, -0.2) is 52.4 Å². The van der Waals surface area contributed by atoms with Crippen LogP contribution in [0.5, 0.6) is 0 Å². The van der Waals surface area contributed by atoms with Crippen molar-refractivity contribution < 1.29 is 51.6 Å². The average Bonchev–Trinajstić information content (AvgIpc) is 2.13. The third-order valence-corrected chi connectivity index (χ3v) is 1.23. The Morgan fingerprint density at radius 2 is 0.955 bits per heavy atom. The number of hydrogen-bond acceptors (Lipinski definition) is 4. The topological polar surface area (TPSA) is 112 Å². The van der Waals surface area contributed by atoms with Crippen LogP contribution < -0.4 is 10.2 Å². The van der Waals surface area contributed by atoms with Gasteiger partial charge in [-0.25, -0.2) is 0 Å². The van der Waals surface area contributed by atoms with E-state index in [2.05, 4.69) is 0 Å². The molecule has 0 spiro atoms. The van der Waals surface area contributed by atoms with Crippen molar-refractivity contribution in [1.29, 1.82) is 0 Å². The number of alkyl halides is 6. The molecule has 0 aliphatic carbocycles. The normalized spacial score (nSPS) is 12.2. The first-order valence-electron chi connectivity index (χ1n) is 4.61. The summed E-state index contributed by atoms with van der Waals surface area (Å²) in [6.45, 7) is 1.76. The van der Waals surface area contributed by atoms with Gasteiger partial charge in [0, 0.05) is 0 Å². The number of carbonyl (C=O) groups is 2. The molecule has 0 aliphatic heterocycles. The molecule has 22 heavy (non-hydrogen) atoms. The van der Waals surface area contributed by atoms with Gasteiger partial charge in [-0.15, -0.1) is 11.5 Å². The van der Waals surface area contributed by atoms with Gasteiger partial charge in [-0.1, -0.05) is 13.8 Å². The molecule has 0 atom stereocenters. The van der Waals surface area contributed by atoms with Crippen LogP contribution in [0.25, 0.3) is 0 Å². The van der Waals surface area contributed by atoms with Crippen molar-refractivity contribution in [1.82, 2.24) is 0 Å². The molecule has 0 aliphatic rings. The molecule has 12 heteroatoms. The third kappa shape index (κ3) is 16.8. The van der Waals surface area contributed by atoms with E-state index in [0.29, 0.717) is 0 Å². The van der Waals surface area contributed by atoms with Crippen molar-refractivity contribution >= 4 is 34.6 Å². The molecule has 0 saturated heterocycles. The summed E-state index contributed by atoms with van der Waals surface area (Å²) < 4.78 is 67.7. The summed E-state index contributed by atoms with van der Waals surface area (Å²) in [7, 11) is 0. The zero-order valence-electron chi connectivity index (χ0n) is 11.3. The predicted octanol–water partition coefficient (Wildman–Crippen LogP) is -0.442. The van der Waals surface area contributed by atoms with Crippen molar-refractivity contribution in [2.24, 2.45) is 0 Å². The smallest absolute Gasteiger partial charge is 0.876 e. The summed E-state index contributed by atoms with van der Waals surface area (Å²) in [5.74, 6) is -6.02. The van der Waals surface area contributed by atoms with E-state index in [1.54, 1.807) is 0 Å². The van der Waals surface area contributed by atoms with E-state index in [1.807, 2.05) is 0 Å². The molecule has 0 amide bonds. The Bertz CT molecular complexity index is 377. The van der Waals surface area contributed by atoms with Crippen molar-refractivity contribution in [3.05, 3.63) is 23.7 Å². The van der Waals surface area contributed by atoms with E-state index in [4.69, 9.17) is 0 Å². The van der Waals surface area contributed by atoms with Gasteiger partial charge in [0.05, 0.1) is 0 Å². The summed E-state index contributed by atoms with van der Waals surface area (Å²) in [5, 5.41) is 19.8. The predicted molar refractivity (Wildman–Crippen MR) is 59.0 cm³/mol. The van der Waals surface area contributed by atoms with Gasteiger partial charge in [-0.2, -0.15) is 26.3 Å². The standard InChI is InChI=1S/2C5H5F3O2.Mg.H2O/c2*1-3(9)2-4(10)5(6,7)8;;/h2*2,9H,1H3;;1H2/q;;+2;/p-2/b2*3-2-;;. The molecule has 0 unspecified atom stereocenters. The largest absolute Gasteiger partial charge is 2.00 e. The number of allylic oxidation sites excluding steroid dienone is 4. The van der Waals surface area contributed by atoms with Gasteiger partial charge in [0.1, 0.15) is 0 Å². The second kappa shape index (κ2) is 11.3. The monoisotopic (exact) mass is 348 g/mol. The summed E-state index contributed by atoms with van der Waals surface area (Å²) in [6, 6.07) is 0. The van der Waals surface area contributed by atoms with Gasteiger partial charge in [0.15, 0.2) is 0 Å². The quantitative estimate of drug-likeness (QED) is 0.291. The average molecular weight is 348 g/mol. The van der Waals surface area contributed by atoms with Gasteiger partial charge >= 0.3 is 35.4 Å².